The number of hydrogen-bond acceptors (Lipinski definition) is 4. The van der Waals surface area contributed by atoms with Crippen LogP contribution in [-0.4, -0.2) is 28.1 Å². The van der Waals surface area contributed by atoms with Gasteiger partial charge in [0.2, 0.25) is 5.82 Å². The molecular formula is C13H16F2N2O4. The Morgan fingerprint density at radius 1 is 1.33 bits per heavy atom. The summed E-state index contributed by atoms with van der Waals surface area (Å²) in [7, 11) is 0. The Hall–Kier alpha value is -2.09. The summed E-state index contributed by atoms with van der Waals surface area (Å²) in [4.78, 5) is 21.6. The second-order valence-electron chi connectivity index (χ2n) is 4.64. The van der Waals surface area contributed by atoms with Crippen molar-refractivity contribution in [3.63, 3.8) is 0 Å². The van der Waals surface area contributed by atoms with Gasteiger partial charge in [-0.1, -0.05) is 13.8 Å². The standard InChI is InChI=1S/C13H16F2N2O4/c1-3-13(4-2,7-18)16-12(19)8-5-11(17(20)21)10(15)6-9(8)14/h5-6,18H,3-4,7H2,1-2H3,(H,16,19). The van der Waals surface area contributed by atoms with Gasteiger partial charge < -0.3 is 10.4 Å². The lowest BCUT2D eigenvalue weighted by molar-refractivity contribution is -0.387. The van der Waals surface area contributed by atoms with Crippen molar-refractivity contribution in [3.8, 4) is 0 Å². The van der Waals surface area contributed by atoms with E-state index in [-0.39, 0.29) is 6.61 Å². The minimum atomic E-state index is -1.35. The minimum Gasteiger partial charge on any atom is -0.394 e. The minimum absolute atomic E-state index is 0.297. The Morgan fingerprint density at radius 2 is 1.90 bits per heavy atom. The molecule has 1 aromatic carbocycles. The van der Waals surface area contributed by atoms with E-state index < -0.39 is 39.3 Å². The van der Waals surface area contributed by atoms with Crippen LogP contribution >= 0.6 is 0 Å². The molecule has 0 saturated heterocycles. The Kier molecular flexibility index (Phi) is 5.31. The highest BCUT2D eigenvalue weighted by molar-refractivity contribution is 5.95. The lowest BCUT2D eigenvalue weighted by Crippen LogP contribution is -2.50. The second kappa shape index (κ2) is 6.57. The zero-order chi connectivity index (χ0) is 16.2. The monoisotopic (exact) mass is 302 g/mol. The highest BCUT2D eigenvalue weighted by atomic mass is 19.1. The maximum atomic E-state index is 13.6. The third kappa shape index (κ3) is 3.52. The molecule has 0 bridgehead atoms. The number of rotatable bonds is 6. The highest BCUT2D eigenvalue weighted by Gasteiger charge is 2.30. The van der Waals surface area contributed by atoms with Gasteiger partial charge in [0.1, 0.15) is 5.82 Å². The average molecular weight is 302 g/mol. The molecule has 0 aliphatic carbocycles. The third-order valence-electron chi connectivity index (χ3n) is 3.51. The van der Waals surface area contributed by atoms with Crippen LogP contribution in [0.5, 0.6) is 0 Å². The molecule has 1 rings (SSSR count). The molecule has 0 fully saturated rings. The highest BCUT2D eigenvalue weighted by Crippen LogP contribution is 2.23. The Labute approximate surface area is 119 Å². The number of nitro benzene ring substituents is 1. The number of nitro groups is 1. The summed E-state index contributed by atoms with van der Waals surface area (Å²) in [5, 5.41) is 22.4. The van der Waals surface area contributed by atoms with E-state index in [2.05, 4.69) is 5.32 Å². The number of aliphatic hydroxyl groups is 1. The van der Waals surface area contributed by atoms with E-state index >= 15 is 0 Å². The summed E-state index contributed by atoms with van der Waals surface area (Å²) in [5.74, 6) is -3.49. The number of nitrogens with zero attached hydrogens (tertiary/aromatic N) is 1. The van der Waals surface area contributed by atoms with Gasteiger partial charge in [-0.3, -0.25) is 14.9 Å². The maximum absolute atomic E-state index is 13.6. The molecule has 0 spiro atoms. The van der Waals surface area contributed by atoms with E-state index in [9.17, 15) is 28.8 Å². The van der Waals surface area contributed by atoms with E-state index in [1.165, 1.54) is 0 Å². The van der Waals surface area contributed by atoms with Crippen LogP contribution in [0.25, 0.3) is 0 Å². The molecule has 0 aliphatic rings. The molecule has 8 heteroatoms. The first-order chi connectivity index (χ1) is 9.80. The predicted octanol–water partition coefficient (Wildman–Crippen LogP) is 2.15. The van der Waals surface area contributed by atoms with Gasteiger partial charge in [0.15, 0.2) is 0 Å². The molecule has 0 saturated carbocycles. The summed E-state index contributed by atoms with van der Waals surface area (Å²) in [6.07, 6.45) is 0.771. The summed E-state index contributed by atoms with van der Waals surface area (Å²) in [6.45, 7) is 3.09. The van der Waals surface area contributed by atoms with Crippen LogP contribution in [0.1, 0.15) is 37.0 Å². The van der Waals surface area contributed by atoms with Crippen LogP contribution in [-0.2, 0) is 0 Å². The van der Waals surface area contributed by atoms with Gasteiger partial charge in [0, 0.05) is 12.1 Å². The molecule has 0 aromatic heterocycles. The molecule has 1 aromatic rings. The van der Waals surface area contributed by atoms with Crippen molar-refractivity contribution in [3.05, 3.63) is 39.4 Å². The van der Waals surface area contributed by atoms with Gasteiger partial charge in [-0.25, -0.2) is 4.39 Å². The Morgan fingerprint density at radius 3 is 2.33 bits per heavy atom. The van der Waals surface area contributed by atoms with Crippen LogP contribution < -0.4 is 5.32 Å². The fourth-order valence-electron chi connectivity index (χ4n) is 1.85. The zero-order valence-electron chi connectivity index (χ0n) is 11.7. The molecule has 0 atom stereocenters. The Balaban J connectivity index is 3.19. The zero-order valence-corrected chi connectivity index (χ0v) is 11.7. The van der Waals surface area contributed by atoms with Crippen LogP contribution in [0.15, 0.2) is 12.1 Å². The van der Waals surface area contributed by atoms with E-state index in [4.69, 9.17) is 0 Å². The first-order valence-electron chi connectivity index (χ1n) is 6.37. The molecule has 0 unspecified atom stereocenters. The molecule has 21 heavy (non-hydrogen) atoms. The fourth-order valence-corrected chi connectivity index (χ4v) is 1.85. The van der Waals surface area contributed by atoms with E-state index in [1.807, 2.05) is 0 Å². The van der Waals surface area contributed by atoms with Crippen LogP contribution in [0.3, 0.4) is 0 Å². The SMILES string of the molecule is CCC(CC)(CO)NC(=O)c1cc([N+](=O)[O-])c(F)cc1F. The van der Waals surface area contributed by atoms with Crippen molar-refractivity contribution >= 4 is 11.6 Å². The van der Waals surface area contributed by atoms with Gasteiger partial charge in [-0.05, 0) is 12.8 Å². The van der Waals surface area contributed by atoms with Crippen LogP contribution in [0, 0.1) is 21.7 Å². The summed E-state index contributed by atoms with van der Waals surface area (Å²) < 4.78 is 26.9. The topological polar surface area (TPSA) is 92.5 Å². The lowest BCUT2D eigenvalue weighted by atomic mass is 9.93. The molecule has 0 aliphatic heterocycles. The average Bonchev–Trinajstić information content (AvgIpc) is 2.44. The van der Waals surface area contributed by atoms with Crippen molar-refractivity contribution in [2.45, 2.75) is 32.2 Å². The maximum Gasteiger partial charge on any atom is 0.305 e. The van der Waals surface area contributed by atoms with E-state index in [1.54, 1.807) is 13.8 Å². The lowest BCUT2D eigenvalue weighted by Gasteiger charge is -2.30. The van der Waals surface area contributed by atoms with Crippen molar-refractivity contribution in [1.29, 1.82) is 0 Å². The summed E-state index contributed by atoms with van der Waals surface area (Å²) in [5.41, 5.74) is -2.57. The van der Waals surface area contributed by atoms with Crippen molar-refractivity contribution in [1.82, 2.24) is 5.32 Å². The number of benzene rings is 1. The van der Waals surface area contributed by atoms with Gasteiger partial charge in [0.05, 0.1) is 22.6 Å². The molecule has 116 valence electrons. The number of carbonyl (C=O) groups is 1. The molecular weight excluding hydrogens is 286 g/mol. The number of carbonyl (C=O) groups excluding carboxylic acids is 1. The Bertz CT molecular complexity index is 551. The van der Waals surface area contributed by atoms with Gasteiger partial charge >= 0.3 is 5.69 Å². The van der Waals surface area contributed by atoms with Gasteiger partial charge in [-0.15, -0.1) is 0 Å². The van der Waals surface area contributed by atoms with Crippen LogP contribution in [0.2, 0.25) is 0 Å². The predicted molar refractivity (Wildman–Crippen MR) is 70.9 cm³/mol. The normalized spacial score (nSPS) is 11.3. The summed E-state index contributed by atoms with van der Waals surface area (Å²) in [6, 6.07) is 0.846. The largest absolute Gasteiger partial charge is 0.394 e. The first-order valence-corrected chi connectivity index (χ1v) is 6.37. The molecule has 2 N–H and O–H groups in total. The van der Waals surface area contributed by atoms with Crippen LogP contribution in [0.4, 0.5) is 14.5 Å². The third-order valence-corrected chi connectivity index (χ3v) is 3.51. The molecule has 1 amide bonds. The molecule has 6 nitrogen and oxygen atoms in total. The summed E-state index contributed by atoms with van der Waals surface area (Å²) >= 11 is 0. The second-order valence-corrected chi connectivity index (χ2v) is 4.64. The van der Waals surface area contributed by atoms with E-state index in [0.717, 1.165) is 0 Å². The number of hydrogen-bond donors (Lipinski definition) is 2. The molecule has 0 heterocycles. The van der Waals surface area contributed by atoms with Crippen molar-refractivity contribution < 1.29 is 23.6 Å². The smallest absolute Gasteiger partial charge is 0.305 e. The van der Waals surface area contributed by atoms with Crippen molar-refractivity contribution in [2.24, 2.45) is 0 Å². The number of aliphatic hydroxyl groups excluding tert-OH is 1. The quantitative estimate of drug-likeness (QED) is 0.622. The fraction of sp³-hybridized carbons (Fsp3) is 0.462. The first kappa shape index (κ1) is 17.0. The number of halogens is 2. The van der Waals surface area contributed by atoms with E-state index in [0.29, 0.717) is 25.0 Å². The van der Waals surface area contributed by atoms with Crippen molar-refractivity contribution in [2.75, 3.05) is 6.61 Å². The van der Waals surface area contributed by atoms with Gasteiger partial charge in [0.25, 0.3) is 5.91 Å². The van der Waals surface area contributed by atoms with Gasteiger partial charge in [-0.2, -0.15) is 4.39 Å². The number of amides is 1. The molecule has 0 radical (unpaired) electrons. The number of nitrogens with one attached hydrogen (secondary N) is 1.